The first-order valence-corrected chi connectivity index (χ1v) is 7.27. The summed E-state index contributed by atoms with van der Waals surface area (Å²) >= 11 is 12.1. The van der Waals surface area contributed by atoms with Crippen LogP contribution >= 0.6 is 23.2 Å². The van der Waals surface area contributed by atoms with Gasteiger partial charge < -0.3 is 10.2 Å². The zero-order chi connectivity index (χ0) is 13.9. The van der Waals surface area contributed by atoms with Crippen molar-refractivity contribution in [2.45, 2.75) is 12.8 Å². The lowest BCUT2D eigenvalue weighted by Crippen LogP contribution is -2.19. The molecule has 20 heavy (non-hydrogen) atoms. The maximum absolute atomic E-state index is 6.14. The monoisotopic (exact) mass is 308 g/mol. The summed E-state index contributed by atoms with van der Waals surface area (Å²) in [6, 6.07) is 7.23. The Hall–Kier alpha value is -1.52. The Morgan fingerprint density at radius 1 is 1.05 bits per heavy atom. The number of hydrogen-bond donors (Lipinski definition) is 1. The van der Waals surface area contributed by atoms with E-state index in [1.165, 1.54) is 12.8 Å². The lowest BCUT2D eigenvalue weighted by molar-refractivity contribution is 0.928. The van der Waals surface area contributed by atoms with Gasteiger partial charge in [0.2, 0.25) is 0 Å². The van der Waals surface area contributed by atoms with Crippen LogP contribution in [0.4, 0.5) is 17.3 Å². The van der Waals surface area contributed by atoms with Crippen LogP contribution in [0.2, 0.25) is 10.0 Å². The van der Waals surface area contributed by atoms with E-state index in [4.69, 9.17) is 23.2 Å². The molecule has 0 aliphatic carbocycles. The van der Waals surface area contributed by atoms with Crippen molar-refractivity contribution in [2.75, 3.05) is 23.3 Å². The van der Waals surface area contributed by atoms with Crippen molar-refractivity contribution in [1.82, 2.24) is 9.97 Å². The van der Waals surface area contributed by atoms with E-state index in [2.05, 4.69) is 20.2 Å². The average Bonchev–Trinajstić information content (AvgIpc) is 2.97. The Bertz CT molecular complexity index is 612. The summed E-state index contributed by atoms with van der Waals surface area (Å²) in [5.74, 6) is 1.66. The normalized spacial score (nSPS) is 14.6. The number of anilines is 3. The number of benzene rings is 1. The zero-order valence-electron chi connectivity index (χ0n) is 10.8. The third-order valence-corrected chi connectivity index (χ3v) is 3.84. The third kappa shape index (κ3) is 2.97. The number of halogens is 2. The molecule has 1 N–H and O–H groups in total. The highest BCUT2D eigenvalue weighted by Crippen LogP contribution is 2.28. The van der Waals surface area contributed by atoms with E-state index in [0.717, 1.165) is 24.6 Å². The Balaban J connectivity index is 1.83. The molecule has 4 nitrogen and oxygen atoms in total. The first-order chi connectivity index (χ1) is 9.72. The molecule has 0 saturated carbocycles. The Kier molecular flexibility index (Phi) is 3.94. The third-order valence-electron chi connectivity index (χ3n) is 3.27. The zero-order valence-corrected chi connectivity index (χ0v) is 12.3. The predicted molar refractivity (Wildman–Crippen MR) is 83.2 cm³/mol. The maximum atomic E-state index is 6.14. The van der Waals surface area contributed by atoms with Crippen LogP contribution in [0, 0.1) is 0 Å². The van der Waals surface area contributed by atoms with E-state index in [1.54, 1.807) is 24.5 Å². The molecule has 2 aromatic rings. The van der Waals surface area contributed by atoms with Gasteiger partial charge in [-0.05, 0) is 31.0 Å². The molecule has 0 atom stereocenters. The molecule has 0 amide bonds. The SMILES string of the molecule is Clc1ccc(Cl)c(Nc2cc(N3CCCC3)ncn2)c1. The molecule has 6 heteroatoms. The molecule has 1 fully saturated rings. The van der Waals surface area contributed by atoms with Crippen molar-refractivity contribution in [3.8, 4) is 0 Å². The first kappa shape index (κ1) is 13.5. The van der Waals surface area contributed by atoms with Crippen LogP contribution in [0.1, 0.15) is 12.8 Å². The maximum Gasteiger partial charge on any atom is 0.135 e. The van der Waals surface area contributed by atoms with E-state index in [9.17, 15) is 0 Å². The Labute approximate surface area is 127 Å². The summed E-state index contributed by atoms with van der Waals surface area (Å²) in [6.45, 7) is 2.10. The molecule has 1 aromatic carbocycles. The van der Waals surface area contributed by atoms with Crippen molar-refractivity contribution in [1.29, 1.82) is 0 Å². The Morgan fingerprint density at radius 3 is 2.65 bits per heavy atom. The molecule has 1 aliphatic heterocycles. The van der Waals surface area contributed by atoms with Crippen molar-refractivity contribution >= 4 is 40.5 Å². The van der Waals surface area contributed by atoms with Gasteiger partial charge in [0.05, 0.1) is 10.7 Å². The van der Waals surface area contributed by atoms with Gasteiger partial charge in [-0.3, -0.25) is 0 Å². The van der Waals surface area contributed by atoms with Gasteiger partial charge in [-0.2, -0.15) is 0 Å². The highest BCUT2D eigenvalue weighted by molar-refractivity contribution is 6.35. The van der Waals surface area contributed by atoms with Crippen LogP contribution < -0.4 is 10.2 Å². The quantitative estimate of drug-likeness (QED) is 0.925. The van der Waals surface area contributed by atoms with Gasteiger partial charge in [0.25, 0.3) is 0 Å². The number of aromatic nitrogens is 2. The number of nitrogens with zero attached hydrogens (tertiary/aromatic N) is 3. The summed E-state index contributed by atoms with van der Waals surface area (Å²) in [5.41, 5.74) is 0.741. The smallest absolute Gasteiger partial charge is 0.135 e. The van der Waals surface area contributed by atoms with Gasteiger partial charge >= 0.3 is 0 Å². The molecule has 2 heterocycles. The van der Waals surface area contributed by atoms with E-state index >= 15 is 0 Å². The highest BCUT2D eigenvalue weighted by Gasteiger charge is 2.14. The van der Waals surface area contributed by atoms with Crippen LogP contribution in [0.5, 0.6) is 0 Å². The van der Waals surface area contributed by atoms with Crippen molar-refractivity contribution in [2.24, 2.45) is 0 Å². The van der Waals surface area contributed by atoms with Crippen molar-refractivity contribution in [3.63, 3.8) is 0 Å². The molecule has 0 radical (unpaired) electrons. The molecule has 1 saturated heterocycles. The summed E-state index contributed by atoms with van der Waals surface area (Å²) in [5, 5.41) is 4.42. The van der Waals surface area contributed by atoms with E-state index in [1.807, 2.05) is 6.07 Å². The van der Waals surface area contributed by atoms with Crippen molar-refractivity contribution < 1.29 is 0 Å². The minimum atomic E-state index is 0.607. The van der Waals surface area contributed by atoms with Gasteiger partial charge in [-0.25, -0.2) is 9.97 Å². The molecule has 0 bridgehead atoms. The van der Waals surface area contributed by atoms with Crippen molar-refractivity contribution in [3.05, 3.63) is 40.6 Å². The molecule has 104 valence electrons. The average molecular weight is 309 g/mol. The van der Waals surface area contributed by atoms with Gasteiger partial charge in [-0.1, -0.05) is 23.2 Å². The van der Waals surface area contributed by atoms with E-state index in [0.29, 0.717) is 15.9 Å². The van der Waals surface area contributed by atoms with Crippen LogP contribution in [0.15, 0.2) is 30.6 Å². The minimum Gasteiger partial charge on any atom is -0.356 e. The second kappa shape index (κ2) is 5.85. The molecule has 1 aromatic heterocycles. The lowest BCUT2D eigenvalue weighted by Gasteiger charge is -2.17. The molecule has 1 aliphatic rings. The van der Waals surface area contributed by atoms with Gasteiger partial charge in [0.1, 0.15) is 18.0 Å². The molecular formula is C14H14Cl2N4. The van der Waals surface area contributed by atoms with Crippen LogP contribution in [0.3, 0.4) is 0 Å². The molecule has 0 unspecified atom stereocenters. The topological polar surface area (TPSA) is 41.0 Å². The van der Waals surface area contributed by atoms with Gasteiger partial charge in [0, 0.05) is 24.2 Å². The van der Waals surface area contributed by atoms with E-state index in [-0.39, 0.29) is 0 Å². The fourth-order valence-electron chi connectivity index (χ4n) is 2.27. The summed E-state index contributed by atoms with van der Waals surface area (Å²) in [7, 11) is 0. The lowest BCUT2D eigenvalue weighted by atomic mass is 10.3. The highest BCUT2D eigenvalue weighted by atomic mass is 35.5. The van der Waals surface area contributed by atoms with Gasteiger partial charge in [-0.15, -0.1) is 0 Å². The van der Waals surface area contributed by atoms with E-state index < -0.39 is 0 Å². The summed E-state index contributed by atoms with van der Waals surface area (Å²) < 4.78 is 0. The summed E-state index contributed by atoms with van der Waals surface area (Å²) in [6.07, 6.45) is 3.99. The number of rotatable bonds is 3. The first-order valence-electron chi connectivity index (χ1n) is 6.51. The Morgan fingerprint density at radius 2 is 1.85 bits per heavy atom. The second-order valence-electron chi connectivity index (χ2n) is 4.70. The predicted octanol–water partition coefficient (Wildman–Crippen LogP) is 4.13. The standard InChI is InChI=1S/C14H14Cl2N4/c15-10-3-4-11(16)12(7-10)19-13-8-14(18-9-17-13)20-5-1-2-6-20/h3-4,7-9H,1-2,5-6H2,(H,17,18,19). The fraction of sp³-hybridized carbons (Fsp3) is 0.286. The van der Waals surface area contributed by atoms with Gasteiger partial charge in [0.15, 0.2) is 0 Å². The molecule has 3 rings (SSSR count). The second-order valence-corrected chi connectivity index (χ2v) is 5.55. The molecular weight excluding hydrogens is 295 g/mol. The van der Waals surface area contributed by atoms with Crippen LogP contribution in [-0.2, 0) is 0 Å². The minimum absolute atomic E-state index is 0.607. The fourth-order valence-corrected chi connectivity index (χ4v) is 2.60. The molecule has 0 spiro atoms. The number of hydrogen-bond acceptors (Lipinski definition) is 4. The van der Waals surface area contributed by atoms with Crippen LogP contribution in [-0.4, -0.2) is 23.1 Å². The number of nitrogens with one attached hydrogen (secondary N) is 1. The largest absolute Gasteiger partial charge is 0.356 e. The van der Waals surface area contributed by atoms with Crippen LogP contribution in [0.25, 0.3) is 0 Å². The summed E-state index contributed by atoms with van der Waals surface area (Å²) in [4.78, 5) is 10.8.